The molecule has 0 amide bonds. The maximum atomic E-state index is 5.23. The van der Waals surface area contributed by atoms with Gasteiger partial charge in [-0.05, 0) is 180 Å². The van der Waals surface area contributed by atoms with Gasteiger partial charge in [0.1, 0.15) is 51.5 Å². The minimum atomic E-state index is 0. The van der Waals surface area contributed by atoms with E-state index in [2.05, 4.69) is 450 Å². The normalized spacial score (nSPS) is 11.4. The maximum absolute atomic E-state index is 5.23. The Morgan fingerprint density at radius 1 is 0.238 bits per heavy atom. The molecule has 0 bridgehead atoms. The zero-order valence-electron chi connectivity index (χ0n) is 78.2. The summed E-state index contributed by atoms with van der Waals surface area (Å²) in [6.45, 7) is 53.8. The Morgan fingerprint density at radius 3 is 0.611 bits per heavy atom. The standard InChI is InChI=1S/2C28H34N3.2C27H32N3.4CH4/c2*1-8-25-29-26-24(16-17-30(7)28(26)23-13-10-9-12-20(23)6)31(25)27-21(18(2)3)14-11-15-22(27)19(4)5;2*1-17(2)21-13-10-14-22(18(3)4)26(21)30-20(6)28-25-24(30)15-16-29(7)27(25)23-12-9-8-11-19(23)5;;;;/h2*9-19H,8H2,1-7H3;2*8-18H,1-7H3;4*1H4/q4*+1;;;;. The minimum Gasteiger partial charge on any atom is -0.295 e. The predicted octanol–water partition coefficient (Wildman–Crippen LogP) is 28.6. The molecule has 12 nitrogen and oxygen atoms in total. The Labute approximate surface area is 756 Å². The number of aromatic nitrogens is 12. The molecular weight excluding hydrogens is 1540 g/mol. The Kier molecular flexibility index (Phi) is 32.0. The van der Waals surface area contributed by atoms with E-state index in [0.717, 1.165) is 58.2 Å². The maximum Gasteiger partial charge on any atom is 0.240 e. The van der Waals surface area contributed by atoms with Crippen LogP contribution in [-0.4, -0.2) is 38.2 Å². The van der Waals surface area contributed by atoms with E-state index in [4.69, 9.17) is 19.9 Å². The first-order chi connectivity index (χ1) is 58.3. The summed E-state index contributed by atoms with van der Waals surface area (Å²) in [5.74, 6) is 7.78. The fraction of sp³-hybridized carbons (Fsp3) is 0.368. The molecular formula is C114H148N12+4. The predicted molar refractivity (Wildman–Crippen MR) is 538 cm³/mol. The van der Waals surface area contributed by atoms with Crippen LogP contribution in [0.25, 0.3) is 112 Å². The van der Waals surface area contributed by atoms with E-state index in [1.54, 1.807) is 0 Å². The van der Waals surface area contributed by atoms with Crippen molar-refractivity contribution in [2.75, 3.05) is 0 Å². The monoisotopic (exact) mass is 1690 g/mol. The Balaban J connectivity index is 0.000000188. The van der Waals surface area contributed by atoms with Crippen LogP contribution in [0.5, 0.6) is 0 Å². The van der Waals surface area contributed by atoms with Crippen LogP contribution in [0.1, 0.15) is 292 Å². The summed E-state index contributed by atoms with van der Waals surface area (Å²) in [4.78, 5) is 20.7. The zero-order valence-corrected chi connectivity index (χ0v) is 78.2. The smallest absolute Gasteiger partial charge is 0.240 e. The third-order valence-corrected chi connectivity index (χ3v) is 24.8. The highest BCUT2D eigenvalue weighted by molar-refractivity contribution is 5.94. The van der Waals surface area contributed by atoms with Gasteiger partial charge in [0.2, 0.25) is 22.8 Å². The lowest BCUT2D eigenvalue weighted by molar-refractivity contribution is -0.659. The molecule has 16 aromatic rings. The van der Waals surface area contributed by atoms with Gasteiger partial charge in [-0.1, -0.05) is 300 Å². The third-order valence-electron chi connectivity index (χ3n) is 24.8. The number of imidazole rings is 4. The van der Waals surface area contributed by atoms with E-state index in [1.807, 2.05) is 0 Å². The van der Waals surface area contributed by atoms with Crippen molar-refractivity contribution in [2.24, 2.45) is 28.2 Å². The fourth-order valence-corrected chi connectivity index (χ4v) is 18.3. The van der Waals surface area contributed by atoms with E-state index in [1.165, 1.54) is 157 Å². The molecule has 8 heterocycles. The molecule has 0 atom stereocenters. The summed E-state index contributed by atoms with van der Waals surface area (Å²) < 4.78 is 18.4. The molecule has 0 aliphatic heterocycles. The molecule has 126 heavy (non-hydrogen) atoms. The molecule has 8 aromatic carbocycles. The summed E-state index contributed by atoms with van der Waals surface area (Å²) in [5, 5.41) is 0. The first kappa shape index (κ1) is 98.0. The van der Waals surface area contributed by atoms with Crippen molar-refractivity contribution in [3.05, 3.63) is 309 Å². The van der Waals surface area contributed by atoms with Crippen molar-refractivity contribution < 1.29 is 18.3 Å². The van der Waals surface area contributed by atoms with Crippen LogP contribution in [0.3, 0.4) is 0 Å². The molecule has 0 fully saturated rings. The van der Waals surface area contributed by atoms with Gasteiger partial charge in [0.05, 0.1) is 67.1 Å². The molecule has 8 aromatic heterocycles. The molecule has 0 unspecified atom stereocenters. The van der Waals surface area contributed by atoms with Crippen molar-refractivity contribution in [1.29, 1.82) is 0 Å². The van der Waals surface area contributed by atoms with Crippen LogP contribution in [0.4, 0.5) is 0 Å². The average Bonchev–Trinajstić information content (AvgIpc) is 1.61. The average molecular weight is 1690 g/mol. The molecule has 0 N–H and O–H groups in total. The number of para-hydroxylation sites is 4. The van der Waals surface area contributed by atoms with Gasteiger partial charge in [0, 0.05) is 37.1 Å². The molecule has 660 valence electrons. The molecule has 0 aliphatic rings. The largest absolute Gasteiger partial charge is 0.295 e. The lowest BCUT2D eigenvalue weighted by Gasteiger charge is -2.22. The van der Waals surface area contributed by atoms with Gasteiger partial charge in [-0.2, -0.15) is 18.3 Å². The van der Waals surface area contributed by atoms with E-state index >= 15 is 0 Å². The topological polar surface area (TPSA) is 86.8 Å². The van der Waals surface area contributed by atoms with Gasteiger partial charge in [-0.15, -0.1) is 0 Å². The number of hydrogen-bond acceptors (Lipinski definition) is 4. The molecule has 0 radical (unpaired) electrons. The fourth-order valence-electron chi connectivity index (χ4n) is 18.3. The van der Waals surface area contributed by atoms with Crippen molar-refractivity contribution in [3.63, 3.8) is 0 Å². The Bertz CT molecular complexity index is 6020. The second kappa shape index (κ2) is 41.1. The molecule has 0 spiro atoms. The summed E-state index contributed by atoms with van der Waals surface area (Å²) in [6.07, 6.45) is 10.4. The first-order valence-electron chi connectivity index (χ1n) is 44.6. The van der Waals surface area contributed by atoms with Gasteiger partial charge < -0.3 is 0 Å². The van der Waals surface area contributed by atoms with Gasteiger partial charge >= 0.3 is 0 Å². The van der Waals surface area contributed by atoms with Crippen molar-refractivity contribution in [3.8, 4) is 67.8 Å². The van der Waals surface area contributed by atoms with Gasteiger partial charge in [-0.3, -0.25) is 18.3 Å². The van der Waals surface area contributed by atoms with Crippen LogP contribution in [-0.2, 0) is 41.0 Å². The summed E-state index contributed by atoms with van der Waals surface area (Å²) in [6, 6.07) is 70.2. The molecule has 0 aliphatic carbocycles. The highest BCUT2D eigenvalue weighted by Crippen LogP contribution is 2.43. The summed E-state index contributed by atoms with van der Waals surface area (Å²) in [7, 11) is 8.45. The number of nitrogens with zero attached hydrogens (tertiary/aromatic N) is 12. The third kappa shape index (κ3) is 18.7. The Hall–Kier alpha value is -11.8. The number of hydrogen-bond donors (Lipinski definition) is 0. The van der Waals surface area contributed by atoms with Crippen LogP contribution >= 0.6 is 0 Å². The first-order valence-corrected chi connectivity index (χ1v) is 44.6. The van der Waals surface area contributed by atoms with E-state index in [-0.39, 0.29) is 29.7 Å². The van der Waals surface area contributed by atoms with Gasteiger partial charge in [-0.25, -0.2) is 19.9 Å². The number of aryl methyl sites for hydroxylation is 12. The SMILES string of the molecule is C.C.C.C.CCc1nc2c(-c3ccccc3C)[n+](C)ccc2n1-c1c(C(C)C)cccc1C(C)C.CCc1nc2c(-c3ccccc3C)[n+](C)ccc2n1-c1c(C(C)C)cccc1C(C)C.Cc1ccccc1-c1c2nc(C)n(-c3c(C(C)C)cccc3C(C)C)c2cc[n+]1C.Cc1ccccc1-c1c2nc(C)n(-c3c(C(C)C)cccc3C(C)C)c2cc[n+]1C. The van der Waals surface area contributed by atoms with Crippen LogP contribution in [0, 0.1) is 41.5 Å². The van der Waals surface area contributed by atoms with Crippen molar-refractivity contribution in [1.82, 2.24) is 38.2 Å². The number of fused-ring (bicyclic) bond motifs is 4. The second-order valence-corrected chi connectivity index (χ2v) is 36.1. The minimum absolute atomic E-state index is 0. The van der Waals surface area contributed by atoms with Gasteiger partial charge in [0.25, 0.3) is 0 Å². The Morgan fingerprint density at radius 2 is 0.421 bits per heavy atom. The van der Waals surface area contributed by atoms with Crippen molar-refractivity contribution in [2.45, 2.75) is 256 Å². The van der Waals surface area contributed by atoms with Crippen LogP contribution < -0.4 is 18.3 Å². The number of benzene rings is 8. The lowest BCUT2D eigenvalue weighted by atomic mass is 9.92. The van der Waals surface area contributed by atoms with E-state index in [9.17, 15) is 0 Å². The van der Waals surface area contributed by atoms with E-state index < -0.39 is 0 Å². The van der Waals surface area contributed by atoms with Crippen LogP contribution in [0.15, 0.2) is 219 Å². The van der Waals surface area contributed by atoms with Crippen molar-refractivity contribution >= 4 is 44.1 Å². The molecule has 12 heteroatoms. The highest BCUT2D eigenvalue weighted by Gasteiger charge is 2.32. The van der Waals surface area contributed by atoms with Crippen LogP contribution in [0.2, 0.25) is 0 Å². The summed E-state index contributed by atoms with van der Waals surface area (Å²) in [5.41, 5.74) is 39.9. The molecule has 16 rings (SSSR count). The molecule has 0 saturated heterocycles. The van der Waals surface area contributed by atoms with Gasteiger partial charge in [0.15, 0.2) is 46.9 Å². The zero-order chi connectivity index (χ0) is 87.7. The van der Waals surface area contributed by atoms with E-state index in [0.29, 0.717) is 47.3 Å². The number of pyridine rings is 4. The summed E-state index contributed by atoms with van der Waals surface area (Å²) >= 11 is 0. The molecule has 0 saturated carbocycles. The lowest BCUT2D eigenvalue weighted by Crippen LogP contribution is -2.30. The highest BCUT2D eigenvalue weighted by atomic mass is 15.1. The second-order valence-electron chi connectivity index (χ2n) is 36.1. The quantitative estimate of drug-likeness (QED) is 0.0801. The number of rotatable bonds is 18.